The lowest BCUT2D eigenvalue weighted by molar-refractivity contribution is 1.19. The van der Waals surface area contributed by atoms with Crippen LogP contribution in [0.4, 0.5) is 0 Å². The van der Waals surface area contributed by atoms with E-state index >= 15 is 0 Å². The van der Waals surface area contributed by atoms with Crippen molar-refractivity contribution in [2.75, 3.05) is 5.75 Å². The van der Waals surface area contributed by atoms with Crippen molar-refractivity contribution in [1.29, 1.82) is 0 Å². The van der Waals surface area contributed by atoms with Crippen molar-refractivity contribution >= 4 is 23.5 Å². The van der Waals surface area contributed by atoms with E-state index in [1.807, 2.05) is 6.92 Å². The van der Waals surface area contributed by atoms with Crippen molar-refractivity contribution in [2.45, 2.75) is 32.6 Å². The van der Waals surface area contributed by atoms with Gasteiger partial charge in [-0.05, 0) is 48.6 Å². The lowest BCUT2D eigenvalue weighted by atomic mass is 10.1. The van der Waals surface area contributed by atoms with Gasteiger partial charge in [0.1, 0.15) is 0 Å². The maximum Gasteiger partial charge on any atom is 0.0286 e. The number of hydrogen-bond acceptors (Lipinski definition) is 2. The molecule has 92 valence electrons. The van der Waals surface area contributed by atoms with Crippen molar-refractivity contribution < 1.29 is 0 Å². The molecule has 1 rings (SSSR count). The molecule has 0 saturated heterocycles. The second-order valence-electron chi connectivity index (χ2n) is 4.36. The van der Waals surface area contributed by atoms with E-state index < -0.39 is 0 Å². The van der Waals surface area contributed by atoms with Crippen LogP contribution in [0.3, 0.4) is 0 Å². The molecule has 0 unspecified atom stereocenters. The maximum atomic E-state index is 4.13. The largest absolute Gasteiger partial charge is 0.126 e. The fourth-order valence-electron chi connectivity index (χ4n) is 1.71. The molecule has 0 aliphatic carbocycles. The molecule has 0 bridgehead atoms. The predicted molar refractivity (Wildman–Crippen MR) is 82.9 cm³/mol. The van der Waals surface area contributed by atoms with E-state index in [0.29, 0.717) is 0 Å². The summed E-state index contributed by atoms with van der Waals surface area (Å²) in [4.78, 5) is 3.68. The summed E-state index contributed by atoms with van der Waals surface area (Å²) in [6, 6.07) is 4.46. The minimum atomic E-state index is 0.937. The molecule has 1 aromatic carbocycles. The van der Waals surface area contributed by atoms with Gasteiger partial charge in [0, 0.05) is 10.6 Å². The molecule has 0 N–H and O–H groups in total. The predicted octanol–water partition coefficient (Wildman–Crippen LogP) is 5.48. The van der Waals surface area contributed by atoms with E-state index in [0.717, 1.165) is 10.7 Å². The highest BCUT2D eigenvalue weighted by atomic mass is 32.2. The van der Waals surface area contributed by atoms with Crippen LogP contribution in [0.15, 0.2) is 40.0 Å². The molecule has 0 nitrogen and oxygen atoms in total. The van der Waals surface area contributed by atoms with Gasteiger partial charge in [0.15, 0.2) is 0 Å². The van der Waals surface area contributed by atoms with Crippen LogP contribution in [0.2, 0.25) is 0 Å². The quantitative estimate of drug-likeness (QED) is 0.645. The summed E-state index contributed by atoms with van der Waals surface area (Å²) in [5.41, 5.74) is 4.01. The summed E-state index contributed by atoms with van der Waals surface area (Å²) in [6.07, 6.45) is 0. The van der Waals surface area contributed by atoms with Gasteiger partial charge in [-0.15, -0.1) is 11.8 Å². The highest BCUT2D eigenvalue weighted by molar-refractivity contribution is 8.07. The van der Waals surface area contributed by atoms with Gasteiger partial charge in [-0.25, -0.2) is 0 Å². The molecule has 0 amide bonds. The second-order valence-corrected chi connectivity index (χ2v) is 6.82. The normalized spacial score (nSPS) is 10.4. The molecule has 0 saturated carbocycles. The smallest absolute Gasteiger partial charge is 0.0286 e. The summed E-state index contributed by atoms with van der Waals surface area (Å²) in [6.45, 7) is 16.5. The number of thioether (sulfide) groups is 2. The minimum absolute atomic E-state index is 0.937. The molecule has 0 aliphatic heterocycles. The molecule has 0 spiro atoms. The first kappa shape index (κ1) is 14.5. The Bertz CT molecular complexity index is 421. The first-order valence-electron chi connectivity index (χ1n) is 5.62. The Kier molecular flexibility index (Phi) is 5.41. The average Bonchev–Trinajstić information content (AvgIpc) is 2.20. The summed E-state index contributed by atoms with van der Waals surface area (Å²) >= 11 is 3.55. The molecule has 0 heterocycles. The van der Waals surface area contributed by atoms with Gasteiger partial charge in [0.25, 0.3) is 0 Å². The molecular weight excluding hydrogens is 244 g/mol. The maximum absolute atomic E-state index is 4.13. The van der Waals surface area contributed by atoms with Gasteiger partial charge < -0.3 is 0 Å². The Balaban J connectivity index is 2.75. The van der Waals surface area contributed by atoms with Crippen molar-refractivity contribution in [3.05, 3.63) is 51.8 Å². The molecule has 0 atom stereocenters. The summed E-state index contributed by atoms with van der Waals surface area (Å²) in [5.74, 6) is 0.937. The summed E-state index contributed by atoms with van der Waals surface area (Å²) < 4.78 is 0. The third-order valence-electron chi connectivity index (χ3n) is 2.33. The van der Waals surface area contributed by atoms with Crippen LogP contribution in [0, 0.1) is 20.8 Å². The first-order valence-corrected chi connectivity index (χ1v) is 7.42. The summed E-state index contributed by atoms with van der Waals surface area (Å²) in [5, 5.41) is 0. The van der Waals surface area contributed by atoms with Crippen molar-refractivity contribution in [3.63, 3.8) is 0 Å². The monoisotopic (exact) mass is 264 g/mol. The van der Waals surface area contributed by atoms with Gasteiger partial charge >= 0.3 is 0 Å². The molecule has 2 heteroatoms. The third-order valence-corrected chi connectivity index (χ3v) is 4.78. The molecule has 0 radical (unpaired) electrons. The number of hydrogen-bond donors (Lipinski definition) is 0. The number of benzene rings is 1. The lowest BCUT2D eigenvalue weighted by Crippen LogP contribution is -1.89. The second kappa shape index (κ2) is 6.36. The highest BCUT2D eigenvalue weighted by Gasteiger charge is 2.06. The van der Waals surface area contributed by atoms with Crippen LogP contribution >= 0.6 is 23.5 Å². The minimum Gasteiger partial charge on any atom is -0.126 e. The fraction of sp³-hybridized carbons (Fsp3) is 0.333. The lowest BCUT2D eigenvalue weighted by Gasteiger charge is -2.12. The van der Waals surface area contributed by atoms with Crippen LogP contribution in [0.5, 0.6) is 0 Å². The van der Waals surface area contributed by atoms with Crippen molar-refractivity contribution in [2.24, 2.45) is 0 Å². The Hall–Kier alpha value is -0.600. The SMILES string of the molecule is C=C(C)SCC(=C)Sc1c(C)cc(C)cc1C. The molecule has 17 heavy (non-hydrogen) atoms. The van der Waals surface area contributed by atoms with E-state index in [-0.39, 0.29) is 0 Å². The molecular formula is C15H20S2. The van der Waals surface area contributed by atoms with Crippen molar-refractivity contribution in [1.82, 2.24) is 0 Å². The Morgan fingerprint density at radius 2 is 1.65 bits per heavy atom. The van der Waals surface area contributed by atoms with Crippen LogP contribution in [0.25, 0.3) is 0 Å². The fourth-order valence-corrected chi connectivity index (χ4v) is 3.25. The zero-order valence-electron chi connectivity index (χ0n) is 11.1. The Morgan fingerprint density at radius 3 is 2.12 bits per heavy atom. The van der Waals surface area contributed by atoms with E-state index in [2.05, 4.69) is 46.1 Å². The van der Waals surface area contributed by atoms with Gasteiger partial charge in [-0.1, -0.05) is 42.6 Å². The zero-order chi connectivity index (χ0) is 13.0. The van der Waals surface area contributed by atoms with Gasteiger partial charge in [0.05, 0.1) is 0 Å². The molecule has 1 aromatic rings. The topological polar surface area (TPSA) is 0 Å². The average molecular weight is 264 g/mol. The number of rotatable bonds is 5. The van der Waals surface area contributed by atoms with Gasteiger partial charge in [0.2, 0.25) is 0 Å². The molecule has 0 aliphatic rings. The van der Waals surface area contributed by atoms with Crippen LogP contribution in [-0.2, 0) is 0 Å². The zero-order valence-corrected chi connectivity index (χ0v) is 12.7. The van der Waals surface area contributed by atoms with Crippen LogP contribution < -0.4 is 0 Å². The number of allylic oxidation sites excluding steroid dienone is 1. The van der Waals surface area contributed by atoms with E-state index in [1.54, 1.807) is 23.5 Å². The van der Waals surface area contributed by atoms with Gasteiger partial charge in [-0.2, -0.15) is 0 Å². The van der Waals surface area contributed by atoms with Crippen LogP contribution in [-0.4, -0.2) is 5.75 Å². The van der Waals surface area contributed by atoms with Gasteiger partial charge in [-0.3, -0.25) is 0 Å². The van der Waals surface area contributed by atoms with E-state index in [4.69, 9.17) is 0 Å². The van der Waals surface area contributed by atoms with Crippen LogP contribution in [0.1, 0.15) is 23.6 Å². The van der Waals surface area contributed by atoms with E-state index in [9.17, 15) is 0 Å². The molecule has 0 aromatic heterocycles. The number of aryl methyl sites for hydroxylation is 3. The molecule has 0 fully saturated rings. The highest BCUT2D eigenvalue weighted by Crippen LogP contribution is 2.34. The Morgan fingerprint density at radius 1 is 1.12 bits per heavy atom. The third kappa shape index (κ3) is 4.64. The first-order chi connectivity index (χ1) is 7.90. The standard InChI is InChI=1S/C15H20S2/c1-10(2)16-9-14(6)17-15-12(4)7-11(3)8-13(15)5/h7-8H,1,6,9H2,2-5H3. The summed E-state index contributed by atoms with van der Waals surface area (Å²) in [7, 11) is 0. The van der Waals surface area contributed by atoms with E-state index in [1.165, 1.54) is 26.5 Å². The van der Waals surface area contributed by atoms with Crippen molar-refractivity contribution in [3.8, 4) is 0 Å². The Labute approximate surface area is 114 Å².